The monoisotopic (exact) mass is 412 g/mol. The lowest BCUT2D eigenvalue weighted by molar-refractivity contribution is 0.0679. The molecule has 1 aliphatic heterocycles. The first-order chi connectivity index (χ1) is 14.7. The van der Waals surface area contributed by atoms with E-state index in [-0.39, 0.29) is 17.9 Å². The molecule has 0 radical (unpaired) electrons. The number of nitrogens with one attached hydrogen (secondary N) is 2. The Kier molecular flexibility index (Phi) is 8.23. The first-order valence-electron chi connectivity index (χ1n) is 10.2. The molecule has 0 aliphatic carbocycles. The molecule has 1 unspecified atom stereocenters. The van der Waals surface area contributed by atoms with E-state index in [9.17, 15) is 9.59 Å². The molecular formula is C23H28N2O5. The number of benzene rings is 2. The Hall–Kier alpha value is -2.90. The molecule has 0 aromatic heterocycles. The van der Waals surface area contributed by atoms with Gasteiger partial charge in [0, 0.05) is 43.7 Å². The summed E-state index contributed by atoms with van der Waals surface area (Å²) in [6.07, 6.45) is 3.01. The summed E-state index contributed by atoms with van der Waals surface area (Å²) in [7, 11) is 1.63. The highest BCUT2D eigenvalue weighted by molar-refractivity contribution is 6.04. The first kappa shape index (κ1) is 21.8. The standard InChI is InChI=1S/C23H28N2O5/c1-28-14-3-13-24-22(26)17-5-9-19(10-6-17)25-23(27)18-7-11-20(12-8-18)30-16-21-4-2-15-29-21/h5-12,21H,2-4,13-16H2,1H3,(H,24,26)(H,25,27). The van der Waals surface area contributed by atoms with Crippen LogP contribution in [0.15, 0.2) is 48.5 Å². The van der Waals surface area contributed by atoms with E-state index in [2.05, 4.69) is 10.6 Å². The van der Waals surface area contributed by atoms with Gasteiger partial charge in [-0.1, -0.05) is 0 Å². The Morgan fingerprint density at radius 3 is 2.40 bits per heavy atom. The number of ether oxygens (including phenoxy) is 3. The summed E-state index contributed by atoms with van der Waals surface area (Å²) in [5.41, 5.74) is 1.69. The average Bonchev–Trinajstić information content (AvgIpc) is 3.30. The van der Waals surface area contributed by atoms with Crippen molar-refractivity contribution in [3.05, 3.63) is 59.7 Å². The van der Waals surface area contributed by atoms with Crippen LogP contribution in [-0.4, -0.2) is 51.4 Å². The lowest BCUT2D eigenvalue weighted by Gasteiger charge is -2.12. The van der Waals surface area contributed by atoms with Crippen LogP contribution in [0.1, 0.15) is 40.0 Å². The molecule has 30 heavy (non-hydrogen) atoms. The van der Waals surface area contributed by atoms with Crippen LogP contribution in [0, 0.1) is 0 Å². The zero-order valence-corrected chi connectivity index (χ0v) is 17.2. The van der Waals surface area contributed by atoms with Gasteiger partial charge in [0.1, 0.15) is 12.4 Å². The quantitative estimate of drug-likeness (QED) is 0.585. The van der Waals surface area contributed by atoms with Gasteiger partial charge in [-0.25, -0.2) is 0 Å². The minimum atomic E-state index is -0.225. The molecule has 7 heteroatoms. The number of hydrogen-bond acceptors (Lipinski definition) is 5. The number of amides is 2. The largest absolute Gasteiger partial charge is 0.491 e. The molecule has 2 amide bonds. The zero-order chi connectivity index (χ0) is 21.2. The molecule has 2 N–H and O–H groups in total. The second-order valence-electron chi connectivity index (χ2n) is 7.10. The Morgan fingerprint density at radius 1 is 1.03 bits per heavy atom. The summed E-state index contributed by atoms with van der Waals surface area (Å²) < 4.78 is 16.2. The van der Waals surface area contributed by atoms with Crippen molar-refractivity contribution >= 4 is 17.5 Å². The number of hydrogen-bond donors (Lipinski definition) is 2. The molecule has 1 fully saturated rings. The van der Waals surface area contributed by atoms with E-state index < -0.39 is 0 Å². The molecule has 7 nitrogen and oxygen atoms in total. The maximum Gasteiger partial charge on any atom is 0.255 e. The third-order valence-corrected chi connectivity index (χ3v) is 4.79. The minimum Gasteiger partial charge on any atom is -0.491 e. The van der Waals surface area contributed by atoms with Crippen LogP contribution in [0.25, 0.3) is 0 Å². The number of methoxy groups -OCH3 is 1. The van der Waals surface area contributed by atoms with Crippen LogP contribution < -0.4 is 15.4 Å². The highest BCUT2D eigenvalue weighted by atomic mass is 16.5. The van der Waals surface area contributed by atoms with Gasteiger partial charge in [-0.2, -0.15) is 0 Å². The van der Waals surface area contributed by atoms with Crippen LogP contribution in [0.5, 0.6) is 5.75 Å². The third-order valence-electron chi connectivity index (χ3n) is 4.79. The first-order valence-corrected chi connectivity index (χ1v) is 10.2. The van der Waals surface area contributed by atoms with Crippen LogP contribution in [0.2, 0.25) is 0 Å². The summed E-state index contributed by atoms with van der Waals surface area (Å²) in [5, 5.41) is 5.66. The Balaban J connectivity index is 1.47. The van der Waals surface area contributed by atoms with Gasteiger partial charge in [0.2, 0.25) is 0 Å². The predicted octanol–water partition coefficient (Wildman–Crippen LogP) is 3.26. The smallest absolute Gasteiger partial charge is 0.255 e. The zero-order valence-electron chi connectivity index (χ0n) is 17.2. The molecule has 1 heterocycles. The van der Waals surface area contributed by atoms with Crippen molar-refractivity contribution in [1.29, 1.82) is 0 Å². The van der Waals surface area contributed by atoms with Crippen LogP contribution in [0.3, 0.4) is 0 Å². The van der Waals surface area contributed by atoms with E-state index in [4.69, 9.17) is 14.2 Å². The summed E-state index contributed by atoms with van der Waals surface area (Å²) in [6, 6.07) is 13.8. The van der Waals surface area contributed by atoms with Crippen molar-refractivity contribution in [2.75, 3.05) is 38.8 Å². The SMILES string of the molecule is COCCCNC(=O)c1ccc(NC(=O)c2ccc(OCC3CCCO3)cc2)cc1. The van der Waals surface area contributed by atoms with E-state index in [0.29, 0.717) is 42.3 Å². The Bertz CT molecular complexity index is 814. The van der Waals surface area contributed by atoms with E-state index in [1.165, 1.54) is 0 Å². The van der Waals surface area contributed by atoms with E-state index in [1.807, 2.05) is 0 Å². The van der Waals surface area contributed by atoms with Crippen molar-refractivity contribution in [3.8, 4) is 5.75 Å². The lowest BCUT2D eigenvalue weighted by Crippen LogP contribution is -2.25. The van der Waals surface area contributed by atoms with Crippen molar-refractivity contribution in [2.24, 2.45) is 0 Å². The number of anilines is 1. The molecule has 2 aromatic carbocycles. The highest BCUT2D eigenvalue weighted by Crippen LogP contribution is 2.18. The Morgan fingerprint density at radius 2 is 1.73 bits per heavy atom. The molecule has 3 rings (SSSR count). The van der Waals surface area contributed by atoms with Gasteiger partial charge in [0.15, 0.2) is 0 Å². The molecular weight excluding hydrogens is 384 g/mol. The normalized spacial score (nSPS) is 15.6. The van der Waals surface area contributed by atoms with Gasteiger partial charge in [-0.05, 0) is 67.8 Å². The molecule has 0 spiro atoms. The van der Waals surface area contributed by atoms with Gasteiger partial charge in [-0.15, -0.1) is 0 Å². The van der Waals surface area contributed by atoms with Gasteiger partial charge in [0.25, 0.3) is 11.8 Å². The van der Waals surface area contributed by atoms with Crippen LogP contribution >= 0.6 is 0 Å². The minimum absolute atomic E-state index is 0.150. The maximum absolute atomic E-state index is 12.5. The van der Waals surface area contributed by atoms with Crippen molar-refractivity contribution in [1.82, 2.24) is 5.32 Å². The molecule has 0 saturated carbocycles. The predicted molar refractivity (Wildman–Crippen MR) is 114 cm³/mol. The maximum atomic E-state index is 12.5. The van der Waals surface area contributed by atoms with Crippen LogP contribution in [0.4, 0.5) is 5.69 Å². The van der Waals surface area contributed by atoms with Gasteiger partial charge in [0.05, 0.1) is 6.10 Å². The fraction of sp³-hybridized carbons (Fsp3) is 0.391. The van der Waals surface area contributed by atoms with Crippen molar-refractivity contribution < 1.29 is 23.8 Å². The highest BCUT2D eigenvalue weighted by Gasteiger charge is 2.16. The van der Waals surface area contributed by atoms with E-state index >= 15 is 0 Å². The number of carbonyl (C=O) groups excluding carboxylic acids is 2. The number of carbonyl (C=O) groups is 2. The van der Waals surface area contributed by atoms with Gasteiger partial charge < -0.3 is 24.8 Å². The number of rotatable bonds is 10. The second kappa shape index (κ2) is 11.3. The van der Waals surface area contributed by atoms with Gasteiger partial charge >= 0.3 is 0 Å². The van der Waals surface area contributed by atoms with E-state index in [0.717, 1.165) is 25.9 Å². The second-order valence-corrected chi connectivity index (χ2v) is 7.10. The van der Waals surface area contributed by atoms with Gasteiger partial charge in [-0.3, -0.25) is 9.59 Å². The molecule has 1 atom stereocenters. The summed E-state index contributed by atoms with van der Waals surface area (Å²) in [5.74, 6) is 0.336. The molecule has 1 aliphatic rings. The van der Waals surface area contributed by atoms with Crippen LogP contribution in [-0.2, 0) is 9.47 Å². The van der Waals surface area contributed by atoms with Crippen molar-refractivity contribution in [3.63, 3.8) is 0 Å². The Labute approximate surface area is 176 Å². The van der Waals surface area contributed by atoms with Crippen molar-refractivity contribution in [2.45, 2.75) is 25.4 Å². The molecule has 0 bridgehead atoms. The third kappa shape index (κ3) is 6.57. The molecule has 160 valence electrons. The fourth-order valence-electron chi connectivity index (χ4n) is 3.10. The summed E-state index contributed by atoms with van der Waals surface area (Å²) in [4.78, 5) is 24.5. The topological polar surface area (TPSA) is 85.9 Å². The summed E-state index contributed by atoms with van der Waals surface area (Å²) >= 11 is 0. The lowest BCUT2D eigenvalue weighted by atomic mass is 10.1. The average molecular weight is 412 g/mol. The van der Waals surface area contributed by atoms with E-state index in [1.54, 1.807) is 55.6 Å². The molecule has 2 aromatic rings. The summed E-state index contributed by atoms with van der Waals surface area (Å²) in [6.45, 7) is 2.48. The fourth-order valence-corrected chi connectivity index (χ4v) is 3.10. The molecule has 1 saturated heterocycles.